The summed E-state index contributed by atoms with van der Waals surface area (Å²) in [6.07, 6.45) is 1.22. The van der Waals surface area contributed by atoms with Crippen LogP contribution in [0.3, 0.4) is 0 Å². The van der Waals surface area contributed by atoms with E-state index in [-0.39, 0.29) is 17.9 Å². The average Bonchev–Trinajstić information content (AvgIpc) is 2.85. The first kappa shape index (κ1) is 15.0. The van der Waals surface area contributed by atoms with Gasteiger partial charge in [0, 0.05) is 6.20 Å². The zero-order valence-electron chi connectivity index (χ0n) is 9.91. The SMILES string of the molecule is CCOC(=O)/C(C#N)=C/Nc1nnc(SCC#N)s1. The third kappa shape index (κ3) is 4.95. The highest BCUT2D eigenvalue weighted by Crippen LogP contribution is 2.25. The molecule has 1 heterocycles. The third-order valence-electron chi connectivity index (χ3n) is 1.62. The van der Waals surface area contributed by atoms with E-state index in [1.807, 2.05) is 6.07 Å². The Kier molecular flexibility index (Phi) is 6.36. The monoisotopic (exact) mass is 295 g/mol. The summed E-state index contributed by atoms with van der Waals surface area (Å²) >= 11 is 2.48. The fourth-order valence-electron chi connectivity index (χ4n) is 0.900. The number of rotatable bonds is 6. The molecule has 0 spiro atoms. The highest BCUT2D eigenvalue weighted by atomic mass is 32.2. The van der Waals surface area contributed by atoms with Gasteiger partial charge in [-0.25, -0.2) is 4.79 Å². The van der Waals surface area contributed by atoms with Crippen molar-refractivity contribution in [2.45, 2.75) is 11.3 Å². The second-order valence-corrected chi connectivity index (χ2v) is 5.05. The highest BCUT2D eigenvalue weighted by Gasteiger charge is 2.10. The summed E-state index contributed by atoms with van der Waals surface area (Å²) in [6, 6.07) is 3.71. The molecule has 0 saturated carbocycles. The Labute approximate surface area is 117 Å². The van der Waals surface area contributed by atoms with E-state index in [1.165, 1.54) is 29.3 Å². The largest absolute Gasteiger partial charge is 0.462 e. The van der Waals surface area contributed by atoms with Gasteiger partial charge in [0.2, 0.25) is 5.13 Å². The standard InChI is InChI=1S/C10H9N5O2S2/c1-2-17-8(16)7(5-12)6-13-9-14-15-10(19-9)18-4-3-11/h6H,2,4H2,1H3,(H,13,14)/b7-6+. The summed E-state index contributed by atoms with van der Waals surface area (Å²) in [5, 5.41) is 28.0. The van der Waals surface area contributed by atoms with Crippen molar-refractivity contribution in [2.75, 3.05) is 17.7 Å². The van der Waals surface area contributed by atoms with Crippen molar-refractivity contribution >= 4 is 34.2 Å². The van der Waals surface area contributed by atoms with Crippen molar-refractivity contribution in [2.24, 2.45) is 0 Å². The number of esters is 1. The van der Waals surface area contributed by atoms with Crippen LogP contribution in [0.15, 0.2) is 16.1 Å². The number of hydrogen-bond acceptors (Lipinski definition) is 9. The van der Waals surface area contributed by atoms with E-state index in [4.69, 9.17) is 15.3 Å². The maximum absolute atomic E-state index is 11.3. The summed E-state index contributed by atoms with van der Waals surface area (Å²) in [4.78, 5) is 11.3. The molecule has 0 atom stereocenters. The molecule has 0 aliphatic rings. The van der Waals surface area contributed by atoms with Crippen LogP contribution in [-0.4, -0.2) is 28.5 Å². The molecule has 0 amide bonds. The first-order valence-electron chi connectivity index (χ1n) is 5.08. The second-order valence-electron chi connectivity index (χ2n) is 2.85. The maximum atomic E-state index is 11.3. The molecular formula is C10H9N5O2S2. The lowest BCUT2D eigenvalue weighted by Gasteiger charge is -1.99. The number of anilines is 1. The number of carbonyl (C=O) groups is 1. The molecule has 7 nitrogen and oxygen atoms in total. The van der Waals surface area contributed by atoms with Crippen LogP contribution < -0.4 is 5.32 Å². The third-order valence-corrected chi connectivity index (χ3v) is 3.48. The van der Waals surface area contributed by atoms with Crippen molar-refractivity contribution in [1.82, 2.24) is 10.2 Å². The summed E-state index contributed by atoms with van der Waals surface area (Å²) in [6.45, 7) is 1.86. The number of aromatic nitrogens is 2. The number of ether oxygens (including phenoxy) is 1. The van der Waals surface area contributed by atoms with Gasteiger partial charge in [0.15, 0.2) is 9.91 Å². The zero-order valence-corrected chi connectivity index (χ0v) is 11.5. The van der Waals surface area contributed by atoms with Gasteiger partial charge in [0.05, 0.1) is 18.4 Å². The van der Waals surface area contributed by atoms with Gasteiger partial charge in [-0.2, -0.15) is 10.5 Å². The van der Waals surface area contributed by atoms with E-state index >= 15 is 0 Å². The molecular weight excluding hydrogens is 286 g/mol. The Morgan fingerprint density at radius 2 is 2.37 bits per heavy atom. The fourth-order valence-corrected chi connectivity index (χ4v) is 2.28. The van der Waals surface area contributed by atoms with Crippen molar-refractivity contribution in [3.8, 4) is 12.1 Å². The van der Waals surface area contributed by atoms with E-state index in [0.29, 0.717) is 9.47 Å². The highest BCUT2D eigenvalue weighted by molar-refractivity contribution is 8.01. The van der Waals surface area contributed by atoms with Crippen LogP contribution in [0.2, 0.25) is 0 Å². The molecule has 0 radical (unpaired) electrons. The van der Waals surface area contributed by atoms with E-state index in [1.54, 1.807) is 13.0 Å². The van der Waals surface area contributed by atoms with Gasteiger partial charge in [-0.1, -0.05) is 23.1 Å². The van der Waals surface area contributed by atoms with E-state index < -0.39 is 5.97 Å². The molecule has 19 heavy (non-hydrogen) atoms. The molecule has 0 unspecified atom stereocenters. The molecule has 1 N–H and O–H groups in total. The van der Waals surface area contributed by atoms with Gasteiger partial charge in [-0.05, 0) is 6.92 Å². The molecule has 1 rings (SSSR count). The second kappa shape index (κ2) is 8.08. The molecule has 1 aromatic heterocycles. The Balaban J connectivity index is 2.64. The van der Waals surface area contributed by atoms with Crippen LogP contribution in [-0.2, 0) is 9.53 Å². The Hall–Kier alpha value is -2.10. The molecule has 0 aliphatic carbocycles. The van der Waals surface area contributed by atoms with Crippen LogP contribution in [0.25, 0.3) is 0 Å². The Morgan fingerprint density at radius 3 is 3.00 bits per heavy atom. The van der Waals surface area contributed by atoms with Crippen LogP contribution >= 0.6 is 23.1 Å². The summed E-state index contributed by atoms with van der Waals surface area (Å²) < 4.78 is 5.33. The van der Waals surface area contributed by atoms with Crippen molar-refractivity contribution < 1.29 is 9.53 Å². The predicted octanol–water partition coefficient (Wildman–Crippen LogP) is 1.54. The van der Waals surface area contributed by atoms with E-state index in [2.05, 4.69) is 15.5 Å². The predicted molar refractivity (Wildman–Crippen MR) is 70.2 cm³/mol. The quantitative estimate of drug-likeness (QED) is 0.364. The van der Waals surface area contributed by atoms with Gasteiger partial charge < -0.3 is 10.1 Å². The molecule has 0 saturated heterocycles. The number of thioether (sulfide) groups is 1. The fraction of sp³-hybridized carbons (Fsp3) is 0.300. The first-order valence-corrected chi connectivity index (χ1v) is 6.88. The first-order chi connectivity index (χ1) is 9.21. The van der Waals surface area contributed by atoms with Gasteiger partial charge in [-0.3, -0.25) is 0 Å². The lowest BCUT2D eigenvalue weighted by molar-refractivity contribution is -0.138. The van der Waals surface area contributed by atoms with E-state index in [0.717, 1.165) is 0 Å². The van der Waals surface area contributed by atoms with E-state index in [9.17, 15) is 4.79 Å². The molecule has 9 heteroatoms. The molecule has 0 aliphatic heterocycles. The lowest BCUT2D eigenvalue weighted by Crippen LogP contribution is -2.07. The van der Waals surface area contributed by atoms with Gasteiger partial charge in [-0.15, -0.1) is 10.2 Å². The van der Waals surface area contributed by atoms with Crippen LogP contribution in [0.4, 0.5) is 5.13 Å². The number of nitriles is 2. The molecule has 0 bridgehead atoms. The minimum absolute atomic E-state index is 0.150. The number of nitrogens with one attached hydrogen (secondary N) is 1. The molecule has 1 aromatic rings. The summed E-state index contributed by atoms with van der Waals surface area (Å²) in [5.74, 6) is -0.405. The molecule has 98 valence electrons. The topological polar surface area (TPSA) is 112 Å². The average molecular weight is 295 g/mol. The number of hydrogen-bond donors (Lipinski definition) is 1. The lowest BCUT2D eigenvalue weighted by atomic mass is 10.3. The number of carbonyl (C=O) groups excluding carboxylic acids is 1. The summed E-state index contributed by atoms with van der Waals surface area (Å²) in [5.41, 5.74) is -0.150. The van der Waals surface area contributed by atoms with Crippen molar-refractivity contribution in [3.05, 3.63) is 11.8 Å². The summed E-state index contributed by atoms with van der Waals surface area (Å²) in [7, 11) is 0. The minimum atomic E-state index is -0.693. The van der Waals surface area contributed by atoms with Crippen molar-refractivity contribution in [1.29, 1.82) is 10.5 Å². The van der Waals surface area contributed by atoms with Crippen LogP contribution in [0.1, 0.15) is 6.92 Å². The Bertz CT molecular complexity index is 555. The van der Waals surface area contributed by atoms with Gasteiger partial charge >= 0.3 is 5.97 Å². The normalized spacial score (nSPS) is 10.4. The van der Waals surface area contributed by atoms with Gasteiger partial charge in [0.25, 0.3) is 0 Å². The van der Waals surface area contributed by atoms with Crippen LogP contribution in [0.5, 0.6) is 0 Å². The maximum Gasteiger partial charge on any atom is 0.350 e. The Morgan fingerprint density at radius 1 is 1.58 bits per heavy atom. The van der Waals surface area contributed by atoms with Crippen LogP contribution in [0, 0.1) is 22.7 Å². The van der Waals surface area contributed by atoms with Gasteiger partial charge in [0.1, 0.15) is 6.07 Å². The number of nitrogens with zero attached hydrogens (tertiary/aromatic N) is 4. The minimum Gasteiger partial charge on any atom is -0.462 e. The molecule has 0 aromatic carbocycles. The van der Waals surface area contributed by atoms with Crippen molar-refractivity contribution in [3.63, 3.8) is 0 Å². The zero-order chi connectivity index (χ0) is 14.1. The molecule has 0 fully saturated rings. The smallest absolute Gasteiger partial charge is 0.350 e.